The SMILES string of the molecule is CCCCCCCCCCCCCCCCCCCC(=O)CCCCCCCCCC=O. The Morgan fingerprint density at radius 2 is 0.719 bits per heavy atom. The lowest BCUT2D eigenvalue weighted by Gasteiger charge is -2.04. The minimum Gasteiger partial charge on any atom is -0.303 e. The number of aldehydes is 1. The first-order valence-corrected chi connectivity index (χ1v) is 14.8. The number of carbonyl (C=O) groups is 2. The molecule has 0 radical (unpaired) electrons. The van der Waals surface area contributed by atoms with Crippen molar-refractivity contribution < 1.29 is 9.59 Å². The highest BCUT2D eigenvalue weighted by Gasteiger charge is 2.02. The molecule has 0 aromatic heterocycles. The average molecular weight is 451 g/mol. The second-order valence-electron chi connectivity index (χ2n) is 10.1. The maximum Gasteiger partial charge on any atom is 0.132 e. The van der Waals surface area contributed by atoms with Gasteiger partial charge in [0.15, 0.2) is 0 Å². The number of unbranched alkanes of at least 4 members (excludes halogenated alkanes) is 23. The van der Waals surface area contributed by atoms with Crippen LogP contribution < -0.4 is 0 Å². The van der Waals surface area contributed by atoms with Gasteiger partial charge in [0.1, 0.15) is 12.1 Å². The molecule has 0 bridgehead atoms. The van der Waals surface area contributed by atoms with Crippen molar-refractivity contribution in [2.75, 3.05) is 0 Å². The fourth-order valence-electron chi connectivity index (χ4n) is 4.61. The number of hydrogen-bond acceptors (Lipinski definition) is 2. The molecule has 0 N–H and O–H groups in total. The van der Waals surface area contributed by atoms with Gasteiger partial charge in [0.2, 0.25) is 0 Å². The molecule has 0 saturated carbocycles. The van der Waals surface area contributed by atoms with E-state index in [9.17, 15) is 9.59 Å². The maximum atomic E-state index is 12.0. The van der Waals surface area contributed by atoms with Crippen molar-refractivity contribution in [3.63, 3.8) is 0 Å². The van der Waals surface area contributed by atoms with Crippen LogP contribution in [0.1, 0.15) is 180 Å². The Morgan fingerprint density at radius 3 is 1.03 bits per heavy atom. The Balaban J connectivity index is 3.13. The molecule has 2 nitrogen and oxygen atoms in total. The van der Waals surface area contributed by atoms with Crippen LogP contribution in [0.15, 0.2) is 0 Å². The summed E-state index contributed by atoms with van der Waals surface area (Å²) in [5.74, 6) is 0.483. The maximum absolute atomic E-state index is 12.0. The van der Waals surface area contributed by atoms with Gasteiger partial charge in [-0.1, -0.05) is 142 Å². The van der Waals surface area contributed by atoms with E-state index in [-0.39, 0.29) is 0 Å². The molecule has 0 atom stereocenters. The Bertz CT molecular complexity index is 377. The summed E-state index contributed by atoms with van der Waals surface area (Å²) in [6.45, 7) is 2.29. The van der Waals surface area contributed by atoms with E-state index in [0.717, 1.165) is 38.4 Å². The zero-order valence-electron chi connectivity index (χ0n) is 22.0. The van der Waals surface area contributed by atoms with Crippen molar-refractivity contribution >= 4 is 12.1 Å². The normalized spacial score (nSPS) is 11.2. The molecule has 0 aliphatic carbocycles. The number of ketones is 1. The molecule has 0 spiro atoms. The van der Waals surface area contributed by atoms with Gasteiger partial charge in [-0.25, -0.2) is 0 Å². The third-order valence-corrected chi connectivity index (χ3v) is 6.84. The Labute approximate surface area is 202 Å². The number of hydrogen-bond donors (Lipinski definition) is 0. The van der Waals surface area contributed by atoms with Gasteiger partial charge in [-0.05, 0) is 19.3 Å². The number of rotatable bonds is 28. The first-order valence-electron chi connectivity index (χ1n) is 14.8. The molecule has 0 saturated heterocycles. The summed E-state index contributed by atoms with van der Waals surface area (Å²) in [6, 6.07) is 0. The largest absolute Gasteiger partial charge is 0.303 e. The van der Waals surface area contributed by atoms with Crippen LogP contribution >= 0.6 is 0 Å². The van der Waals surface area contributed by atoms with Crippen molar-refractivity contribution in [2.24, 2.45) is 0 Å². The van der Waals surface area contributed by atoms with Crippen LogP contribution in [0.3, 0.4) is 0 Å². The van der Waals surface area contributed by atoms with E-state index >= 15 is 0 Å². The van der Waals surface area contributed by atoms with Crippen molar-refractivity contribution in [1.29, 1.82) is 0 Å². The highest BCUT2D eigenvalue weighted by atomic mass is 16.1. The van der Waals surface area contributed by atoms with Gasteiger partial charge in [0, 0.05) is 19.3 Å². The van der Waals surface area contributed by atoms with Gasteiger partial charge in [-0.3, -0.25) is 4.79 Å². The van der Waals surface area contributed by atoms with Gasteiger partial charge in [-0.15, -0.1) is 0 Å². The molecular formula is C30H58O2. The van der Waals surface area contributed by atoms with Gasteiger partial charge in [0.05, 0.1) is 0 Å². The van der Waals surface area contributed by atoms with Crippen LogP contribution in [0.5, 0.6) is 0 Å². The summed E-state index contributed by atoms with van der Waals surface area (Å²) in [4.78, 5) is 22.2. The predicted molar refractivity (Wildman–Crippen MR) is 141 cm³/mol. The van der Waals surface area contributed by atoms with Crippen molar-refractivity contribution in [1.82, 2.24) is 0 Å². The third-order valence-electron chi connectivity index (χ3n) is 6.84. The molecular weight excluding hydrogens is 392 g/mol. The van der Waals surface area contributed by atoms with Gasteiger partial charge >= 0.3 is 0 Å². The van der Waals surface area contributed by atoms with E-state index in [4.69, 9.17) is 0 Å². The molecule has 0 fully saturated rings. The molecule has 0 rings (SSSR count). The van der Waals surface area contributed by atoms with Crippen LogP contribution in [0.25, 0.3) is 0 Å². The molecule has 2 heteroatoms. The first kappa shape index (κ1) is 31.3. The van der Waals surface area contributed by atoms with Gasteiger partial charge in [-0.2, -0.15) is 0 Å². The van der Waals surface area contributed by atoms with E-state index in [2.05, 4.69) is 6.92 Å². The Morgan fingerprint density at radius 1 is 0.438 bits per heavy atom. The first-order chi connectivity index (χ1) is 15.8. The quantitative estimate of drug-likeness (QED) is 0.0877. The summed E-state index contributed by atoms with van der Waals surface area (Å²) < 4.78 is 0. The lowest BCUT2D eigenvalue weighted by Crippen LogP contribution is -1.97. The van der Waals surface area contributed by atoms with Crippen molar-refractivity contribution in [3.05, 3.63) is 0 Å². The second-order valence-corrected chi connectivity index (χ2v) is 10.1. The lowest BCUT2D eigenvalue weighted by atomic mass is 10.0. The van der Waals surface area contributed by atoms with Crippen LogP contribution in [0.2, 0.25) is 0 Å². The van der Waals surface area contributed by atoms with Crippen LogP contribution in [0, 0.1) is 0 Å². The Hall–Kier alpha value is -0.660. The zero-order valence-corrected chi connectivity index (χ0v) is 22.0. The number of Topliss-reactive ketones (excluding diaryl/α,β-unsaturated/α-hetero) is 1. The zero-order chi connectivity index (χ0) is 23.4. The molecule has 0 aliphatic heterocycles. The van der Waals surface area contributed by atoms with Crippen molar-refractivity contribution in [2.45, 2.75) is 180 Å². The van der Waals surface area contributed by atoms with Gasteiger partial charge in [0.25, 0.3) is 0 Å². The summed E-state index contributed by atoms with van der Waals surface area (Å²) in [6.07, 6.45) is 35.2. The summed E-state index contributed by atoms with van der Waals surface area (Å²) in [7, 11) is 0. The predicted octanol–water partition coefficient (Wildman–Crippen LogP) is 10.3. The second kappa shape index (κ2) is 28.4. The molecule has 0 aliphatic rings. The minimum absolute atomic E-state index is 0.483. The molecule has 0 aromatic carbocycles. The highest BCUT2D eigenvalue weighted by molar-refractivity contribution is 5.78. The number of carbonyl (C=O) groups excluding carboxylic acids is 2. The fourth-order valence-corrected chi connectivity index (χ4v) is 4.61. The van der Waals surface area contributed by atoms with Crippen LogP contribution in [0.4, 0.5) is 0 Å². The molecule has 0 aromatic rings. The van der Waals surface area contributed by atoms with Crippen LogP contribution in [-0.4, -0.2) is 12.1 Å². The van der Waals surface area contributed by atoms with E-state index in [1.807, 2.05) is 0 Å². The molecule has 0 amide bonds. The van der Waals surface area contributed by atoms with Crippen molar-refractivity contribution in [3.8, 4) is 0 Å². The molecule has 0 unspecified atom stereocenters. The third kappa shape index (κ3) is 27.4. The topological polar surface area (TPSA) is 34.1 Å². The molecule has 32 heavy (non-hydrogen) atoms. The fraction of sp³-hybridized carbons (Fsp3) is 0.933. The highest BCUT2D eigenvalue weighted by Crippen LogP contribution is 2.15. The van der Waals surface area contributed by atoms with E-state index < -0.39 is 0 Å². The average Bonchev–Trinajstić information content (AvgIpc) is 2.80. The Kier molecular flexibility index (Phi) is 27.8. The lowest BCUT2D eigenvalue weighted by molar-refractivity contribution is -0.119. The smallest absolute Gasteiger partial charge is 0.132 e. The summed E-state index contributed by atoms with van der Waals surface area (Å²) >= 11 is 0. The standard InChI is InChI=1S/C30H58O2/c1-2-3-4-5-6-7-8-9-10-11-12-13-14-15-18-21-24-27-30(32)28-25-22-19-16-17-20-23-26-29-31/h29H,2-28H2,1H3. The summed E-state index contributed by atoms with van der Waals surface area (Å²) in [5, 5.41) is 0. The minimum atomic E-state index is 0.483. The summed E-state index contributed by atoms with van der Waals surface area (Å²) in [5.41, 5.74) is 0. The monoisotopic (exact) mass is 450 g/mol. The van der Waals surface area contributed by atoms with Crippen LogP contribution in [-0.2, 0) is 9.59 Å². The molecule has 0 heterocycles. The van der Waals surface area contributed by atoms with Gasteiger partial charge < -0.3 is 4.79 Å². The van der Waals surface area contributed by atoms with E-state index in [1.165, 1.54) is 135 Å². The van der Waals surface area contributed by atoms with E-state index in [1.54, 1.807) is 0 Å². The van der Waals surface area contributed by atoms with E-state index in [0.29, 0.717) is 12.2 Å². The molecule has 190 valence electrons.